The average molecular weight is 247 g/mol. The molecular weight excluding hydrogens is 236 g/mol. The molecule has 0 aliphatic rings. The molecule has 0 bridgehead atoms. The van der Waals surface area contributed by atoms with Crippen molar-refractivity contribution in [3.63, 3.8) is 0 Å². The van der Waals surface area contributed by atoms with Gasteiger partial charge in [-0.15, -0.1) is 0 Å². The molecule has 86 valence electrons. The van der Waals surface area contributed by atoms with Crippen LogP contribution in [-0.2, 0) is 6.61 Å². The largest absolute Gasteiger partial charge is 0.489 e. The highest BCUT2D eigenvalue weighted by Gasteiger charge is 2.01. The molecule has 3 heteroatoms. The lowest BCUT2D eigenvalue weighted by atomic mass is 10.1. The summed E-state index contributed by atoms with van der Waals surface area (Å²) in [4.78, 5) is 10.9. The van der Waals surface area contributed by atoms with E-state index in [1.807, 2.05) is 42.5 Å². The summed E-state index contributed by atoms with van der Waals surface area (Å²) in [6.45, 7) is 0.473. The minimum absolute atomic E-state index is 0.444. The SMILES string of the molecule is O=C(Cl)c1ccc(COc2ccccc2)cc1. The Morgan fingerprint density at radius 3 is 2.24 bits per heavy atom. The summed E-state index contributed by atoms with van der Waals surface area (Å²) in [5, 5.41) is -0.444. The molecule has 0 amide bonds. The van der Waals surface area contributed by atoms with Gasteiger partial charge in [-0.05, 0) is 41.4 Å². The Balaban J connectivity index is 1.98. The van der Waals surface area contributed by atoms with Gasteiger partial charge in [0.15, 0.2) is 0 Å². The summed E-state index contributed by atoms with van der Waals surface area (Å²) in [5.74, 6) is 0.824. The van der Waals surface area contributed by atoms with E-state index in [9.17, 15) is 4.79 Å². The highest BCUT2D eigenvalue weighted by molar-refractivity contribution is 6.67. The van der Waals surface area contributed by atoms with Gasteiger partial charge in [0.05, 0.1) is 0 Å². The van der Waals surface area contributed by atoms with E-state index in [0.29, 0.717) is 12.2 Å². The van der Waals surface area contributed by atoms with Crippen molar-refractivity contribution in [3.8, 4) is 5.75 Å². The van der Waals surface area contributed by atoms with Crippen molar-refractivity contribution in [1.82, 2.24) is 0 Å². The van der Waals surface area contributed by atoms with Crippen molar-refractivity contribution >= 4 is 16.8 Å². The van der Waals surface area contributed by atoms with Crippen LogP contribution in [0.3, 0.4) is 0 Å². The Hall–Kier alpha value is -1.80. The van der Waals surface area contributed by atoms with Crippen LogP contribution < -0.4 is 4.74 Å². The standard InChI is InChI=1S/C14H11ClO2/c15-14(16)12-8-6-11(7-9-12)10-17-13-4-2-1-3-5-13/h1-9H,10H2. The molecule has 2 rings (SSSR count). The maximum atomic E-state index is 10.9. The van der Waals surface area contributed by atoms with E-state index in [-0.39, 0.29) is 0 Å². The van der Waals surface area contributed by atoms with Crippen LogP contribution in [0.1, 0.15) is 15.9 Å². The summed E-state index contributed by atoms with van der Waals surface area (Å²) < 4.78 is 5.57. The number of halogens is 1. The van der Waals surface area contributed by atoms with E-state index in [0.717, 1.165) is 11.3 Å². The van der Waals surface area contributed by atoms with E-state index >= 15 is 0 Å². The van der Waals surface area contributed by atoms with Gasteiger partial charge in [-0.1, -0.05) is 30.3 Å². The zero-order valence-electron chi connectivity index (χ0n) is 9.10. The maximum Gasteiger partial charge on any atom is 0.252 e. The second-order valence-electron chi connectivity index (χ2n) is 3.57. The first kappa shape index (κ1) is 11.7. The van der Waals surface area contributed by atoms with E-state index in [4.69, 9.17) is 16.3 Å². The molecule has 0 aromatic heterocycles. The van der Waals surface area contributed by atoms with Crippen LogP contribution in [0.15, 0.2) is 54.6 Å². The molecule has 0 N–H and O–H groups in total. The first-order valence-electron chi connectivity index (χ1n) is 5.22. The molecule has 0 unspecified atom stereocenters. The van der Waals surface area contributed by atoms with Gasteiger partial charge in [0.2, 0.25) is 0 Å². The van der Waals surface area contributed by atoms with Gasteiger partial charge >= 0.3 is 0 Å². The van der Waals surface area contributed by atoms with Crippen molar-refractivity contribution in [2.24, 2.45) is 0 Å². The van der Waals surface area contributed by atoms with E-state index in [1.54, 1.807) is 12.1 Å². The Bertz CT molecular complexity index is 491. The van der Waals surface area contributed by atoms with E-state index in [2.05, 4.69) is 0 Å². The monoisotopic (exact) mass is 246 g/mol. The van der Waals surface area contributed by atoms with Crippen LogP contribution >= 0.6 is 11.6 Å². The fraction of sp³-hybridized carbons (Fsp3) is 0.0714. The van der Waals surface area contributed by atoms with Crippen molar-refractivity contribution < 1.29 is 9.53 Å². The molecule has 2 nitrogen and oxygen atoms in total. The van der Waals surface area contributed by atoms with Gasteiger partial charge in [-0.25, -0.2) is 0 Å². The average Bonchev–Trinajstić information content (AvgIpc) is 2.38. The third kappa shape index (κ3) is 3.33. The lowest BCUT2D eigenvalue weighted by Crippen LogP contribution is -1.96. The van der Waals surface area contributed by atoms with Gasteiger partial charge in [0.1, 0.15) is 12.4 Å². The molecule has 0 atom stereocenters. The fourth-order valence-electron chi connectivity index (χ4n) is 1.42. The smallest absolute Gasteiger partial charge is 0.252 e. The predicted octanol–water partition coefficient (Wildman–Crippen LogP) is 3.64. The van der Waals surface area contributed by atoms with Gasteiger partial charge in [-0.2, -0.15) is 0 Å². The second-order valence-corrected chi connectivity index (χ2v) is 3.92. The first-order valence-corrected chi connectivity index (χ1v) is 5.60. The summed E-state index contributed by atoms with van der Waals surface area (Å²) >= 11 is 5.36. The van der Waals surface area contributed by atoms with E-state index in [1.165, 1.54) is 0 Å². The zero-order chi connectivity index (χ0) is 12.1. The number of carbonyl (C=O) groups excluding carboxylic acids is 1. The molecule has 0 radical (unpaired) electrons. The summed E-state index contributed by atoms with van der Waals surface area (Å²) in [7, 11) is 0. The number of benzene rings is 2. The van der Waals surface area contributed by atoms with Gasteiger partial charge < -0.3 is 4.74 Å². The highest BCUT2D eigenvalue weighted by Crippen LogP contribution is 2.12. The Labute approximate surface area is 105 Å². The maximum absolute atomic E-state index is 10.9. The molecule has 0 spiro atoms. The molecule has 0 aliphatic heterocycles. The van der Waals surface area contributed by atoms with Gasteiger partial charge in [0, 0.05) is 5.56 Å². The third-order valence-electron chi connectivity index (χ3n) is 2.33. The number of ether oxygens (including phenoxy) is 1. The summed E-state index contributed by atoms with van der Waals surface area (Å²) in [5.41, 5.74) is 1.49. The molecule has 0 saturated carbocycles. The van der Waals surface area contributed by atoms with Crippen molar-refractivity contribution in [2.75, 3.05) is 0 Å². The van der Waals surface area contributed by atoms with Crippen LogP contribution in [0.4, 0.5) is 0 Å². The molecule has 0 fully saturated rings. The predicted molar refractivity (Wildman–Crippen MR) is 67.4 cm³/mol. The molecule has 0 heterocycles. The summed E-state index contributed by atoms with van der Waals surface area (Å²) in [6.07, 6.45) is 0. The molecule has 0 saturated heterocycles. The van der Waals surface area contributed by atoms with Crippen LogP contribution in [0.5, 0.6) is 5.75 Å². The zero-order valence-corrected chi connectivity index (χ0v) is 9.85. The van der Waals surface area contributed by atoms with Crippen molar-refractivity contribution in [1.29, 1.82) is 0 Å². The Kier molecular flexibility index (Phi) is 3.78. The Morgan fingerprint density at radius 1 is 1.00 bits per heavy atom. The summed E-state index contributed by atoms with van der Waals surface area (Å²) in [6, 6.07) is 16.6. The Morgan fingerprint density at radius 2 is 1.65 bits per heavy atom. The minimum atomic E-state index is -0.444. The highest BCUT2D eigenvalue weighted by atomic mass is 35.5. The first-order chi connectivity index (χ1) is 8.25. The number of hydrogen-bond acceptors (Lipinski definition) is 2. The third-order valence-corrected chi connectivity index (χ3v) is 2.55. The molecule has 2 aromatic carbocycles. The number of hydrogen-bond donors (Lipinski definition) is 0. The van der Waals surface area contributed by atoms with Crippen LogP contribution in [0.2, 0.25) is 0 Å². The fourth-order valence-corrected chi connectivity index (χ4v) is 1.54. The minimum Gasteiger partial charge on any atom is -0.489 e. The molecule has 17 heavy (non-hydrogen) atoms. The number of para-hydroxylation sites is 1. The van der Waals surface area contributed by atoms with Crippen LogP contribution in [0, 0.1) is 0 Å². The van der Waals surface area contributed by atoms with E-state index < -0.39 is 5.24 Å². The quantitative estimate of drug-likeness (QED) is 0.770. The molecular formula is C14H11ClO2. The number of carbonyl (C=O) groups is 1. The topological polar surface area (TPSA) is 26.3 Å². The lowest BCUT2D eigenvalue weighted by molar-refractivity contribution is 0.108. The van der Waals surface area contributed by atoms with Crippen LogP contribution in [-0.4, -0.2) is 5.24 Å². The number of rotatable bonds is 4. The van der Waals surface area contributed by atoms with Gasteiger partial charge in [0.25, 0.3) is 5.24 Å². The van der Waals surface area contributed by atoms with Crippen molar-refractivity contribution in [3.05, 3.63) is 65.7 Å². The lowest BCUT2D eigenvalue weighted by Gasteiger charge is -2.06. The van der Waals surface area contributed by atoms with Crippen LogP contribution in [0.25, 0.3) is 0 Å². The normalized spacial score (nSPS) is 9.94. The molecule has 2 aromatic rings. The molecule has 0 aliphatic carbocycles. The van der Waals surface area contributed by atoms with Gasteiger partial charge in [-0.3, -0.25) is 4.79 Å². The second kappa shape index (κ2) is 5.51. The van der Waals surface area contributed by atoms with Crippen molar-refractivity contribution in [2.45, 2.75) is 6.61 Å².